The lowest BCUT2D eigenvalue weighted by atomic mass is 10.1. The molecule has 20 heavy (non-hydrogen) atoms. The van der Waals surface area contributed by atoms with E-state index in [9.17, 15) is 9.18 Å². The molecular weight excluding hydrogens is 257 g/mol. The highest BCUT2D eigenvalue weighted by Gasteiger charge is 2.17. The van der Waals surface area contributed by atoms with E-state index < -0.39 is 0 Å². The first kappa shape index (κ1) is 13.7. The van der Waals surface area contributed by atoms with Crippen LogP contribution in [0.25, 0.3) is 0 Å². The minimum absolute atomic E-state index is 0.222. The summed E-state index contributed by atoms with van der Waals surface area (Å²) in [7, 11) is 1.57. The van der Waals surface area contributed by atoms with Crippen molar-refractivity contribution in [3.05, 3.63) is 59.2 Å². The Balaban J connectivity index is 2.38. The summed E-state index contributed by atoms with van der Waals surface area (Å²) in [5.74, 6) is -0.686. The number of nitrogens with zero attached hydrogens (tertiary/aromatic N) is 3. The van der Waals surface area contributed by atoms with Crippen molar-refractivity contribution in [2.45, 2.75) is 6.92 Å². The molecule has 0 aliphatic rings. The molecule has 4 nitrogen and oxygen atoms in total. The third-order valence-electron chi connectivity index (χ3n) is 3.01. The summed E-state index contributed by atoms with van der Waals surface area (Å²) in [5, 5.41) is 9.00. The van der Waals surface area contributed by atoms with Crippen molar-refractivity contribution in [1.82, 2.24) is 4.98 Å². The molecule has 0 saturated heterocycles. The maximum Gasteiger partial charge on any atom is 0.260 e. The van der Waals surface area contributed by atoms with Crippen LogP contribution in [0.5, 0.6) is 0 Å². The lowest BCUT2D eigenvalue weighted by Gasteiger charge is -2.18. The third kappa shape index (κ3) is 2.50. The van der Waals surface area contributed by atoms with E-state index in [1.807, 2.05) is 6.07 Å². The number of hydrogen-bond donors (Lipinski definition) is 0. The quantitative estimate of drug-likeness (QED) is 0.842. The van der Waals surface area contributed by atoms with Crippen LogP contribution in [0.3, 0.4) is 0 Å². The Kier molecular flexibility index (Phi) is 3.76. The van der Waals surface area contributed by atoms with E-state index in [1.54, 1.807) is 20.0 Å². The van der Waals surface area contributed by atoms with Crippen molar-refractivity contribution < 1.29 is 9.18 Å². The molecule has 0 atom stereocenters. The molecule has 0 unspecified atom stereocenters. The predicted octanol–water partition coefficient (Wildman–Crippen LogP) is 2.68. The molecule has 0 saturated carbocycles. The molecule has 5 heteroatoms. The van der Waals surface area contributed by atoms with Crippen LogP contribution in [0, 0.1) is 24.1 Å². The molecule has 0 spiro atoms. The van der Waals surface area contributed by atoms with Gasteiger partial charge >= 0.3 is 0 Å². The molecule has 0 radical (unpaired) electrons. The van der Waals surface area contributed by atoms with Crippen molar-refractivity contribution in [2.75, 3.05) is 11.9 Å². The summed E-state index contributed by atoms with van der Waals surface area (Å²) in [5.41, 5.74) is 1.49. The normalized spacial score (nSPS) is 9.90. The Morgan fingerprint density at radius 1 is 1.40 bits per heavy atom. The van der Waals surface area contributed by atoms with Crippen LogP contribution in [0.4, 0.5) is 10.1 Å². The second kappa shape index (κ2) is 5.49. The van der Waals surface area contributed by atoms with Crippen molar-refractivity contribution in [3.8, 4) is 6.07 Å². The van der Waals surface area contributed by atoms with E-state index in [0.717, 1.165) is 0 Å². The maximum atomic E-state index is 13.2. The van der Waals surface area contributed by atoms with Gasteiger partial charge in [-0.3, -0.25) is 9.78 Å². The standard InChI is InChI=1S/C15H12FN3O/c1-10-7-12(3-4-14(10)16)19(2)15(20)13-9-18-6-5-11(13)8-17/h3-7,9H,1-2H3. The monoisotopic (exact) mass is 269 g/mol. The maximum absolute atomic E-state index is 13.2. The fourth-order valence-corrected chi connectivity index (χ4v) is 1.80. The van der Waals surface area contributed by atoms with Gasteiger partial charge in [-0.1, -0.05) is 0 Å². The number of nitriles is 1. The van der Waals surface area contributed by atoms with Gasteiger partial charge < -0.3 is 4.90 Å². The van der Waals surface area contributed by atoms with E-state index in [-0.39, 0.29) is 22.9 Å². The number of anilines is 1. The fraction of sp³-hybridized carbons (Fsp3) is 0.133. The third-order valence-corrected chi connectivity index (χ3v) is 3.01. The van der Waals surface area contributed by atoms with Crippen LogP contribution in [0.15, 0.2) is 36.7 Å². The summed E-state index contributed by atoms with van der Waals surface area (Å²) in [4.78, 5) is 17.6. The first-order valence-electron chi connectivity index (χ1n) is 5.93. The number of carbonyl (C=O) groups excluding carboxylic acids is 1. The topological polar surface area (TPSA) is 57.0 Å². The number of hydrogen-bond acceptors (Lipinski definition) is 3. The molecule has 0 N–H and O–H groups in total. The van der Waals surface area contributed by atoms with Gasteiger partial charge in [-0.05, 0) is 36.8 Å². The number of amides is 1. The zero-order valence-corrected chi connectivity index (χ0v) is 11.1. The number of pyridine rings is 1. The molecule has 0 fully saturated rings. The van der Waals surface area contributed by atoms with Crippen LogP contribution >= 0.6 is 0 Å². The molecule has 100 valence electrons. The summed E-state index contributed by atoms with van der Waals surface area (Å²) in [6.45, 7) is 1.63. The van der Waals surface area contributed by atoms with Crippen molar-refractivity contribution in [2.24, 2.45) is 0 Å². The largest absolute Gasteiger partial charge is 0.311 e. The second-order valence-corrected chi connectivity index (χ2v) is 4.33. The van der Waals surface area contributed by atoms with Gasteiger partial charge in [0, 0.05) is 25.1 Å². The first-order valence-corrected chi connectivity index (χ1v) is 5.93. The Morgan fingerprint density at radius 2 is 2.15 bits per heavy atom. The predicted molar refractivity (Wildman–Crippen MR) is 72.8 cm³/mol. The Labute approximate surface area is 116 Å². The van der Waals surface area contributed by atoms with E-state index >= 15 is 0 Å². The van der Waals surface area contributed by atoms with E-state index in [1.165, 1.54) is 35.5 Å². The molecule has 0 bridgehead atoms. The van der Waals surface area contributed by atoms with Gasteiger partial charge in [0.25, 0.3) is 5.91 Å². The number of benzene rings is 1. The van der Waals surface area contributed by atoms with Crippen LogP contribution in [0.1, 0.15) is 21.5 Å². The summed E-state index contributed by atoms with van der Waals surface area (Å²) >= 11 is 0. The van der Waals surface area contributed by atoms with Crippen LogP contribution < -0.4 is 4.90 Å². The fourth-order valence-electron chi connectivity index (χ4n) is 1.80. The number of aromatic nitrogens is 1. The zero-order chi connectivity index (χ0) is 14.7. The van der Waals surface area contributed by atoms with E-state index in [4.69, 9.17) is 5.26 Å². The molecule has 2 rings (SSSR count). The second-order valence-electron chi connectivity index (χ2n) is 4.33. The van der Waals surface area contributed by atoms with Crippen molar-refractivity contribution >= 4 is 11.6 Å². The van der Waals surface area contributed by atoms with Crippen LogP contribution in [-0.2, 0) is 0 Å². The van der Waals surface area contributed by atoms with Gasteiger partial charge in [0.05, 0.1) is 11.1 Å². The van der Waals surface area contributed by atoms with E-state index in [2.05, 4.69) is 4.98 Å². The summed E-state index contributed by atoms with van der Waals surface area (Å²) in [6, 6.07) is 7.84. The lowest BCUT2D eigenvalue weighted by molar-refractivity contribution is 0.0992. The van der Waals surface area contributed by atoms with Gasteiger partial charge in [0.15, 0.2) is 0 Å². The zero-order valence-electron chi connectivity index (χ0n) is 11.1. The molecule has 0 aliphatic carbocycles. The number of rotatable bonds is 2. The molecule has 1 aromatic heterocycles. The van der Waals surface area contributed by atoms with Gasteiger partial charge in [0.1, 0.15) is 11.9 Å². The molecule has 1 aromatic carbocycles. The van der Waals surface area contributed by atoms with Crippen molar-refractivity contribution in [1.29, 1.82) is 5.26 Å². The Hall–Kier alpha value is -2.74. The number of halogens is 1. The minimum atomic E-state index is -0.361. The Morgan fingerprint density at radius 3 is 2.80 bits per heavy atom. The lowest BCUT2D eigenvalue weighted by Crippen LogP contribution is -2.27. The molecular formula is C15H12FN3O. The summed E-state index contributed by atoms with van der Waals surface area (Å²) < 4.78 is 13.2. The van der Waals surface area contributed by atoms with E-state index in [0.29, 0.717) is 11.3 Å². The highest BCUT2D eigenvalue weighted by atomic mass is 19.1. The number of carbonyl (C=O) groups is 1. The van der Waals surface area contributed by atoms with Crippen LogP contribution in [0.2, 0.25) is 0 Å². The van der Waals surface area contributed by atoms with Gasteiger partial charge in [-0.15, -0.1) is 0 Å². The minimum Gasteiger partial charge on any atom is -0.311 e. The Bertz CT molecular complexity index is 707. The first-order chi connectivity index (χ1) is 9.54. The van der Waals surface area contributed by atoms with Gasteiger partial charge in [-0.2, -0.15) is 5.26 Å². The number of aryl methyl sites for hydroxylation is 1. The van der Waals surface area contributed by atoms with Crippen molar-refractivity contribution in [3.63, 3.8) is 0 Å². The average molecular weight is 269 g/mol. The molecule has 2 aromatic rings. The van der Waals surface area contributed by atoms with Crippen LogP contribution in [-0.4, -0.2) is 17.9 Å². The average Bonchev–Trinajstić information content (AvgIpc) is 2.48. The highest BCUT2D eigenvalue weighted by Crippen LogP contribution is 2.20. The smallest absolute Gasteiger partial charge is 0.260 e. The summed E-state index contributed by atoms with van der Waals surface area (Å²) in [6.07, 6.45) is 2.81. The highest BCUT2D eigenvalue weighted by molar-refractivity contribution is 6.07. The molecule has 0 aliphatic heterocycles. The van der Waals surface area contributed by atoms with Gasteiger partial charge in [-0.25, -0.2) is 4.39 Å². The SMILES string of the molecule is Cc1cc(N(C)C(=O)c2cnccc2C#N)ccc1F. The van der Waals surface area contributed by atoms with Gasteiger partial charge in [0.2, 0.25) is 0 Å². The molecule has 1 amide bonds. The molecule has 1 heterocycles.